The predicted molar refractivity (Wildman–Crippen MR) is 154 cm³/mol. The van der Waals surface area contributed by atoms with Crippen LogP contribution in [0.15, 0.2) is 72.8 Å². The Balaban J connectivity index is 1.69. The summed E-state index contributed by atoms with van der Waals surface area (Å²) >= 11 is 1.26. The lowest BCUT2D eigenvalue weighted by molar-refractivity contribution is 0.103. The zero-order chi connectivity index (χ0) is 26.8. The molecule has 0 unspecified atom stereocenters. The van der Waals surface area contributed by atoms with Gasteiger partial charge in [0.1, 0.15) is 15.5 Å². The van der Waals surface area contributed by atoms with E-state index in [0.717, 1.165) is 27.9 Å². The van der Waals surface area contributed by atoms with Gasteiger partial charge in [-0.3, -0.25) is 4.79 Å². The van der Waals surface area contributed by atoms with E-state index < -0.39 is 0 Å². The fraction of sp³-hybridized carbons (Fsp3) is 0.133. The smallest absolute Gasteiger partial charge is 0.268 e. The molecule has 0 aliphatic heterocycles. The number of nitrogens with one attached hydrogen (secondary N) is 1. The van der Waals surface area contributed by atoms with Crippen molar-refractivity contribution < 1.29 is 19.0 Å². The lowest BCUT2D eigenvalue weighted by atomic mass is 9.98. The van der Waals surface area contributed by atoms with Crippen LogP contribution in [0.2, 0.25) is 0 Å². The van der Waals surface area contributed by atoms with Gasteiger partial charge in [0.15, 0.2) is 11.5 Å². The third kappa shape index (κ3) is 4.62. The number of aryl methyl sites for hydroxylation is 1. The molecule has 0 spiro atoms. The molecule has 3 N–H and O–H groups in total. The van der Waals surface area contributed by atoms with E-state index in [2.05, 4.69) is 5.32 Å². The van der Waals surface area contributed by atoms with Crippen LogP contribution in [-0.4, -0.2) is 32.2 Å². The largest absolute Gasteiger partial charge is 0.495 e. The molecular formula is C30H27N3O4S. The molecule has 2 heterocycles. The van der Waals surface area contributed by atoms with E-state index >= 15 is 0 Å². The highest BCUT2D eigenvalue weighted by atomic mass is 32.1. The Morgan fingerprint density at radius 3 is 2.24 bits per heavy atom. The third-order valence-electron chi connectivity index (χ3n) is 6.30. The van der Waals surface area contributed by atoms with Gasteiger partial charge < -0.3 is 25.3 Å². The van der Waals surface area contributed by atoms with E-state index in [1.165, 1.54) is 11.3 Å². The van der Waals surface area contributed by atoms with Crippen molar-refractivity contribution in [3.8, 4) is 39.6 Å². The van der Waals surface area contributed by atoms with Crippen LogP contribution in [0.1, 0.15) is 15.2 Å². The van der Waals surface area contributed by atoms with Crippen molar-refractivity contribution in [2.75, 3.05) is 32.4 Å². The topological polar surface area (TPSA) is 95.7 Å². The van der Waals surface area contributed by atoms with Gasteiger partial charge in [-0.15, -0.1) is 11.3 Å². The van der Waals surface area contributed by atoms with Gasteiger partial charge in [0, 0.05) is 10.9 Å². The van der Waals surface area contributed by atoms with Crippen LogP contribution in [0.25, 0.3) is 32.6 Å². The molecule has 192 valence electrons. The molecule has 0 atom stereocenters. The normalized spacial score (nSPS) is 10.8. The molecule has 2 aromatic heterocycles. The number of anilines is 2. The molecule has 0 fully saturated rings. The number of carbonyl (C=O) groups is 1. The van der Waals surface area contributed by atoms with Crippen LogP contribution in [-0.2, 0) is 0 Å². The van der Waals surface area contributed by atoms with Crippen molar-refractivity contribution in [1.29, 1.82) is 0 Å². The number of hydrogen-bond acceptors (Lipinski definition) is 7. The molecule has 0 aliphatic rings. The maximum Gasteiger partial charge on any atom is 0.268 e. The minimum atomic E-state index is -0.329. The number of methoxy groups -OCH3 is 3. The lowest BCUT2D eigenvalue weighted by Crippen LogP contribution is -2.12. The molecule has 0 saturated carbocycles. The fourth-order valence-corrected chi connectivity index (χ4v) is 5.34. The van der Waals surface area contributed by atoms with Gasteiger partial charge in [0.05, 0.1) is 38.4 Å². The lowest BCUT2D eigenvalue weighted by Gasteiger charge is -2.12. The Morgan fingerprint density at radius 2 is 1.53 bits per heavy atom. The standard InChI is InChI=1S/C30H27N3O4S/c1-17-9-11-18(12-10-17)22-16-20(19-13-14-24(36-3)25(15-19)37-4)26-27(31)28(38-30(26)33-22)29(34)32-21-7-5-6-8-23(21)35-2/h5-16H,31H2,1-4H3,(H,32,34). The van der Waals surface area contributed by atoms with Crippen molar-refractivity contribution in [2.45, 2.75) is 6.92 Å². The number of fused-ring (bicyclic) bond motifs is 1. The number of nitrogen functional groups attached to an aromatic ring is 1. The predicted octanol–water partition coefficient (Wildman–Crippen LogP) is 6.80. The van der Waals surface area contributed by atoms with E-state index in [1.807, 2.05) is 67.6 Å². The second kappa shape index (κ2) is 10.4. The summed E-state index contributed by atoms with van der Waals surface area (Å²) in [5.74, 6) is 1.45. The summed E-state index contributed by atoms with van der Waals surface area (Å²) in [6.07, 6.45) is 0. The molecular weight excluding hydrogens is 498 g/mol. The first kappa shape index (κ1) is 25.1. The van der Waals surface area contributed by atoms with Crippen LogP contribution < -0.4 is 25.3 Å². The van der Waals surface area contributed by atoms with Crippen LogP contribution in [0.3, 0.4) is 0 Å². The second-order valence-corrected chi connectivity index (χ2v) is 9.67. The Bertz CT molecular complexity index is 1640. The van der Waals surface area contributed by atoms with E-state index in [4.69, 9.17) is 24.9 Å². The summed E-state index contributed by atoms with van der Waals surface area (Å²) in [6, 6.07) is 23.1. The van der Waals surface area contributed by atoms with Crippen molar-refractivity contribution in [3.05, 3.63) is 83.2 Å². The van der Waals surface area contributed by atoms with Gasteiger partial charge in [-0.2, -0.15) is 0 Å². The molecule has 7 nitrogen and oxygen atoms in total. The summed E-state index contributed by atoms with van der Waals surface area (Å²) in [5, 5.41) is 3.64. The average molecular weight is 526 g/mol. The number of nitrogens with two attached hydrogens (primary N) is 1. The zero-order valence-corrected chi connectivity index (χ0v) is 22.3. The van der Waals surface area contributed by atoms with Gasteiger partial charge in [-0.25, -0.2) is 4.98 Å². The first-order valence-electron chi connectivity index (χ1n) is 11.9. The van der Waals surface area contributed by atoms with Gasteiger partial charge in [-0.1, -0.05) is 48.0 Å². The maximum absolute atomic E-state index is 13.4. The molecule has 0 saturated heterocycles. The molecule has 1 amide bonds. The quantitative estimate of drug-likeness (QED) is 0.243. The van der Waals surface area contributed by atoms with Crippen molar-refractivity contribution in [2.24, 2.45) is 0 Å². The van der Waals surface area contributed by atoms with Gasteiger partial charge in [0.2, 0.25) is 0 Å². The number of hydrogen-bond donors (Lipinski definition) is 2. The molecule has 0 radical (unpaired) electrons. The van der Waals surface area contributed by atoms with Crippen LogP contribution >= 0.6 is 11.3 Å². The number of thiophene rings is 1. The van der Waals surface area contributed by atoms with E-state index in [-0.39, 0.29) is 5.91 Å². The minimum absolute atomic E-state index is 0.329. The minimum Gasteiger partial charge on any atom is -0.495 e. The Morgan fingerprint density at radius 1 is 0.842 bits per heavy atom. The zero-order valence-electron chi connectivity index (χ0n) is 21.5. The summed E-state index contributed by atoms with van der Waals surface area (Å²) in [7, 11) is 4.76. The first-order valence-corrected chi connectivity index (χ1v) is 12.7. The number of ether oxygens (including phenoxy) is 3. The number of rotatable bonds is 7. The number of amides is 1. The third-order valence-corrected chi connectivity index (χ3v) is 7.40. The Labute approximate surface area is 224 Å². The summed E-state index contributed by atoms with van der Waals surface area (Å²) in [5.41, 5.74) is 12.2. The first-order chi connectivity index (χ1) is 18.4. The van der Waals surface area contributed by atoms with Gasteiger partial charge >= 0.3 is 0 Å². The number of aromatic nitrogens is 1. The monoisotopic (exact) mass is 525 g/mol. The highest BCUT2D eigenvalue weighted by Crippen LogP contribution is 2.43. The Kier molecular flexibility index (Phi) is 6.89. The van der Waals surface area contributed by atoms with Crippen LogP contribution in [0.4, 0.5) is 11.4 Å². The molecule has 5 rings (SSSR count). The summed E-state index contributed by atoms with van der Waals surface area (Å²) in [6.45, 7) is 2.04. The van der Waals surface area contributed by atoms with Crippen LogP contribution in [0.5, 0.6) is 17.2 Å². The highest BCUT2D eigenvalue weighted by molar-refractivity contribution is 7.21. The number of nitrogens with zero attached hydrogens (tertiary/aromatic N) is 1. The molecule has 5 aromatic rings. The van der Waals surface area contributed by atoms with Crippen molar-refractivity contribution in [3.63, 3.8) is 0 Å². The average Bonchev–Trinajstić information content (AvgIpc) is 3.29. The number of benzene rings is 3. The molecule has 3 aromatic carbocycles. The number of carbonyl (C=O) groups excluding carboxylic acids is 1. The fourth-order valence-electron chi connectivity index (χ4n) is 4.32. The number of para-hydroxylation sites is 2. The Hall–Kier alpha value is -4.56. The molecule has 38 heavy (non-hydrogen) atoms. The van der Waals surface area contributed by atoms with Gasteiger partial charge in [-0.05, 0) is 48.4 Å². The summed E-state index contributed by atoms with van der Waals surface area (Å²) < 4.78 is 16.4. The molecule has 0 aliphatic carbocycles. The maximum atomic E-state index is 13.4. The van der Waals surface area contributed by atoms with Crippen molar-refractivity contribution in [1.82, 2.24) is 4.98 Å². The van der Waals surface area contributed by atoms with E-state index in [0.29, 0.717) is 43.7 Å². The van der Waals surface area contributed by atoms with E-state index in [9.17, 15) is 4.79 Å². The SMILES string of the molecule is COc1ccccc1NC(=O)c1sc2nc(-c3ccc(C)cc3)cc(-c3ccc(OC)c(OC)c3)c2c1N. The molecule has 8 heteroatoms. The summed E-state index contributed by atoms with van der Waals surface area (Å²) in [4.78, 5) is 19.4. The van der Waals surface area contributed by atoms with E-state index in [1.54, 1.807) is 33.5 Å². The number of pyridine rings is 1. The molecule has 0 bridgehead atoms. The van der Waals surface area contributed by atoms with Crippen molar-refractivity contribution >= 4 is 38.8 Å². The van der Waals surface area contributed by atoms with Gasteiger partial charge in [0.25, 0.3) is 5.91 Å². The highest BCUT2D eigenvalue weighted by Gasteiger charge is 2.23. The second-order valence-electron chi connectivity index (χ2n) is 8.67. The van der Waals surface area contributed by atoms with Crippen LogP contribution in [0, 0.1) is 6.92 Å².